The van der Waals surface area contributed by atoms with Crippen LogP contribution in [0.15, 0.2) is 72.9 Å². The van der Waals surface area contributed by atoms with E-state index in [-0.39, 0.29) is 37.5 Å². The second-order valence-electron chi connectivity index (χ2n) is 23.8. The Balaban J connectivity index is 4.11. The Bertz CT molecular complexity index is 1490. The molecule has 1 unspecified atom stereocenters. The summed E-state index contributed by atoms with van der Waals surface area (Å²) >= 11 is 0. The van der Waals surface area contributed by atoms with Crippen LogP contribution in [-0.4, -0.2) is 37.2 Å². The van der Waals surface area contributed by atoms with Crippen molar-refractivity contribution in [3.63, 3.8) is 0 Å². The van der Waals surface area contributed by atoms with Gasteiger partial charge in [0, 0.05) is 19.3 Å². The summed E-state index contributed by atoms with van der Waals surface area (Å²) in [5.41, 5.74) is 0. The van der Waals surface area contributed by atoms with Crippen LogP contribution < -0.4 is 0 Å². The van der Waals surface area contributed by atoms with Gasteiger partial charge in [-0.1, -0.05) is 338 Å². The summed E-state index contributed by atoms with van der Waals surface area (Å²) in [5, 5.41) is 0. The van der Waals surface area contributed by atoms with E-state index in [1.54, 1.807) is 0 Å². The fourth-order valence-corrected chi connectivity index (χ4v) is 10.4. The molecule has 0 spiro atoms. The highest BCUT2D eigenvalue weighted by molar-refractivity contribution is 5.71. The second-order valence-corrected chi connectivity index (χ2v) is 23.8. The number of esters is 3. The van der Waals surface area contributed by atoms with Gasteiger partial charge in [-0.05, 0) is 83.5 Å². The lowest BCUT2D eigenvalue weighted by Gasteiger charge is -2.18. The molecule has 0 aliphatic heterocycles. The molecule has 1 atom stereocenters. The van der Waals surface area contributed by atoms with Crippen molar-refractivity contribution in [3.05, 3.63) is 72.9 Å². The topological polar surface area (TPSA) is 78.9 Å². The van der Waals surface area contributed by atoms with Crippen molar-refractivity contribution in [3.8, 4) is 0 Å². The zero-order chi connectivity index (χ0) is 58.5. The van der Waals surface area contributed by atoms with E-state index in [2.05, 4.69) is 93.7 Å². The summed E-state index contributed by atoms with van der Waals surface area (Å²) in [6.07, 6.45) is 91.1. The molecule has 0 saturated carbocycles. The van der Waals surface area contributed by atoms with Crippen molar-refractivity contribution in [2.45, 2.75) is 374 Å². The Labute approximate surface area is 503 Å². The van der Waals surface area contributed by atoms with E-state index in [9.17, 15) is 14.4 Å². The second kappa shape index (κ2) is 69.3. The molecule has 0 N–H and O–H groups in total. The third-order valence-corrected chi connectivity index (χ3v) is 15.7. The predicted octanol–water partition coefficient (Wildman–Crippen LogP) is 24.4. The van der Waals surface area contributed by atoms with E-state index in [0.29, 0.717) is 19.3 Å². The molecule has 0 fully saturated rings. The van der Waals surface area contributed by atoms with Gasteiger partial charge < -0.3 is 14.2 Å². The third-order valence-electron chi connectivity index (χ3n) is 15.7. The van der Waals surface area contributed by atoms with Crippen LogP contribution in [0.1, 0.15) is 367 Å². The lowest BCUT2D eigenvalue weighted by atomic mass is 10.0. The molecule has 0 heterocycles. The lowest BCUT2D eigenvalue weighted by Crippen LogP contribution is -2.30. The minimum absolute atomic E-state index is 0.0942. The van der Waals surface area contributed by atoms with Crippen molar-refractivity contribution >= 4 is 17.9 Å². The molecule has 0 aromatic carbocycles. The third kappa shape index (κ3) is 67.5. The molecular formula is C75H134O6. The van der Waals surface area contributed by atoms with Gasteiger partial charge in [0.05, 0.1) is 0 Å². The van der Waals surface area contributed by atoms with E-state index < -0.39 is 6.10 Å². The fraction of sp³-hybridized carbons (Fsp3) is 0.800. The molecule has 6 heteroatoms. The molecule has 81 heavy (non-hydrogen) atoms. The first-order valence-electron chi connectivity index (χ1n) is 35.4. The van der Waals surface area contributed by atoms with Crippen LogP contribution in [0.25, 0.3) is 0 Å². The summed E-state index contributed by atoms with van der Waals surface area (Å²) in [7, 11) is 0. The SMILES string of the molecule is CC/C=C\C/C=C\C/C=C\C/C=C\CCCCC(=O)OC(COC(=O)CCCCCCC/C=C\C/C=C\CCCC)COC(=O)CCCCCCCCCCCCCCCCCCCCCCCCCCCCCCCCCCCC. The Hall–Kier alpha value is -3.15. The van der Waals surface area contributed by atoms with Crippen LogP contribution >= 0.6 is 0 Å². The summed E-state index contributed by atoms with van der Waals surface area (Å²) in [6.45, 7) is 6.48. The average Bonchev–Trinajstić information content (AvgIpc) is 3.47. The summed E-state index contributed by atoms with van der Waals surface area (Å²) in [6, 6.07) is 0. The molecule has 6 nitrogen and oxygen atoms in total. The number of allylic oxidation sites excluding steroid dienone is 12. The highest BCUT2D eigenvalue weighted by Gasteiger charge is 2.19. The molecule has 0 saturated heterocycles. The minimum atomic E-state index is -0.803. The molecule has 0 rings (SSSR count). The van der Waals surface area contributed by atoms with Gasteiger partial charge in [0.2, 0.25) is 0 Å². The largest absolute Gasteiger partial charge is 0.462 e. The van der Waals surface area contributed by atoms with Gasteiger partial charge in [-0.3, -0.25) is 14.4 Å². The highest BCUT2D eigenvalue weighted by atomic mass is 16.6. The summed E-state index contributed by atoms with van der Waals surface area (Å²) in [4.78, 5) is 38.3. The Morgan fingerprint density at radius 1 is 0.259 bits per heavy atom. The summed E-state index contributed by atoms with van der Waals surface area (Å²) < 4.78 is 16.9. The Morgan fingerprint density at radius 3 is 0.815 bits per heavy atom. The molecule has 0 bridgehead atoms. The van der Waals surface area contributed by atoms with E-state index in [4.69, 9.17) is 14.2 Å². The number of unbranched alkanes of at least 4 members (excludes halogenated alkanes) is 42. The molecule has 0 aromatic rings. The highest BCUT2D eigenvalue weighted by Crippen LogP contribution is 2.18. The molecule has 0 aromatic heterocycles. The van der Waals surface area contributed by atoms with E-state index in [1.807, 2.05) is 0 Å². The van der Waals surface area contributed by atoms with Gasteiger partial charge in [-0.2, -0.15) is 0 Å². The normalized spacial score (nSPS) is 12.5. The first-order chi connectivity index (χ1) is 40.0. The van der Waals surface area contributed by atoms with Crippen LogP contribution in [-0.2, 0) is 28.6 Å². The number of hydrogen-bond donors (Lipinski definition) is 0. The predicted molar refractivity (Wildman–Crippen MR) is 353 cm³/mol. The van der Waals surface area contributed by atoms with Crippen molar-refractivity contribution in [2.24, 2.45) is 0 Å². The van der Waals surface area contributed by atoms with Crippen LogP contribution in [0, 0.1) is 0 Å². The maximum Gasteiger partial charge on any atom is 0.306 e. The molecule has 0 aliphatic rings. The minimum Gasteiger partial charge on any atom is -0.462 e. The van der Waals surface area contributed by atoms with Crippen LogP contribution in [0.4, 0.5) is 0 Å². The maximum atomic E-state index is 12.9. The number of carbonyl (C=O) groups is 3. The van der Waals surface area contributed by atoms with Crippen molar-refractivity contribution in [2.75, 3.05) is 13.2 Å². The van der Waals surface area contributed by atoms with E-state index >= 15 is 0 Å². The number of ether oxygens (including phenoxy) is 3. The molecule has 470 valence electrons. The standard InChI is InChI=1S/C75H134O6/c1-4-7-10-13-16-19-22-25-28-29-30-31-32-33-34-35-36-37-38-39-40-41-42-43-44-45-46-48-50-53-56-59-62-65-68-74(77)80-71-72(70-79-73(76)67-64-61-58-55-52-49-27-24-21-18-15-12-9-6-3)81-75(78)69-66-63-60-57-54-51-47-26-23-20-17-14-11-8-5-2/h8,11,15,17-18,20,24,26-27,47,54,57,72H,4-7,9-10,12-14,16,19,21-23,25,28-46,48-53,55-56,58-71H2,1-3H3/b11-8-,18-15-,20-17-,27-24-,47-26-,57-54-. The first-order valence-corrected chi connectivity index (χ1v) is 35.4. The van der Waals surface area contributed by atoms with Gasteiger partial charge in [-0.15, -0.1) is 0 Å². The van der Waals surface area contributed by atoms with Gasteiger partial charge >= 0.3 is 17.9 Å². The molecule has 0 radical (unpaired) electrons. The molecule has 0 aliphatic carbocycles. The quantitative estimate of drug-likeness (QED) is 0.0261. The smallest absolute Gasteiger partial charge is 0.306 e. The van der Waals surface area contributed by atoms with Gasteiger partial charge in [-0.25, -0.2) is 0 Å². The number of hydrogen-bond acceptors (Lipinski definition) is 6. The summed E-state index contributed by atoms with van der Waals surface area (Å²) in [5.74, 6) is -0.935. The zero-order valence-corrected chi connectivity index (χ0v) is 54.1. The van der Waals surface area contributed by atoms with Crippen LogP contribution in [0.5, 0.6) is 0 Å². The van der Waals surface area contributed by atoms with E-state index in [1.165, 1.54) is 218 Å². The van der Waals surface area contributed by atoms with E-state index in [0.717, 1.165) is 103 Å². The fourth-order valence-electron chi connectivity index (χ4n) is 10.4. The van der Waals surface area contributed by atoms with Crippen molar-refractivity contribution < 1.29 is 28.6 Å². The molecular weight excluding hydrogens is 997 g/mol. The Kier molecular flexibility index (Phi) is 66.6. The van der Waals surface area contributed by atoms with Crippen molar-refractivity contribution in [1.29, 1.82) is 0 Å². The van der Waals surface area contributed by atoms with Crippen LogP contribution in [0.2, 0.25) is 0 Å². The average molecular weight is 1130 g/mol. The number of rotatable bonds is 65. The van der Waals surface area contributed by atoms with Crippen LogP contribution in [0.3, 0.4) is 0 Å². The lowest BCUT2D eigenvalue weighted by molar-refractivity contribution is -0.167. The molecule has 0 amide bonds. The Morgan fingerprint density at radius 2 is 0.494 bits per heavy atom. The first kappa shape index (κ1) is 77.9. The zero-order valence-electron chi connectivity index (χ0n) is 54.1. The van der Waals surface area contributed by atoms with Gasteiger partial charge in [0.15, 0.2) is 6.10 Å². The number of carbonyl (C=O) groups excluding carboxylic acids is 3. The van der Waals surface area contributed by atoms with Gasteiger partial charge in [0.1, 0.15) is 13.2 Å². The van der Waals surface area contributed by atoms with Crippen molar-refractivity contribution in [1.82, 2.24) is 0 Å². The van der Waals surface area contributed by atoms with Gasteiger partial charge in [0.25, 0.3) is 0 Å². The monoisotopic (exact) mass is 1130 g/mol. The maximum absolute atomic E-state index is 12.9.